The fraction of sp³-hybridized carbons (Fsp3) is 0.269. The van der Waals surface area contributed by atoms with Gasteiger partial charge in [0.25, 0.3) is 0 Å². The van der Waals surface area contributed by atoms with Crippen molar-refractivity contribution in [3.63, 3.8) is 0 Å². The Kier molecular flexibility index (Phi) is 5.92. The zero-order chi connectivity index (χ0) is 27.3. The van der Waals surface area contributed by atoms with E-state index >= 15 is 0 Å². The number of ether oxygens (including phenoxy) is 1. The third-order valence-corrected chi connectivity index (χ3v) is 6.53. The van der Waals surface area contributed by atoms with Gasteiger partial charge >= 0.3 is 6.18 Å². The average Bonchev–Trinajstić information content (AvgIpc) is 3.59. The van der Waals surface area contributed by atoms with Gasteiger partial charge < -0.3 is 15.0 Å². The number of nitrogens with one attached hydrogen (secondary N) is 2. The van der Waals surface area contributed by atoms with Crippen LogP contribution in [-0.4, -0.2) is 41.8 Å². The highest BCUT2D eigenvalue weighted by molar-refractivity contribution is 5.89. The van der Waals surface area contributed by atoms with Crippen LogP contribution in [0.25, 0.3) is 28.1 Å². The maximum absolute atomic E-state index is 14.7. The molecule has 0 unspecified atom stereocenters. The van der Waals surface area contributed by atoms with Crippen molar-refractivity contribution in [2.45, 2.75) is 38.4 Å². The van der Waals surface area contributed by atoms with Crippen molar-refractivity contribution in [1.29, 1.82) is 0 Å². The molecule has 0 radical (unpaired) electrons. The lowest BCUT2D eigenvalue weighted by Gasteiger charge is -2.13. The molecular weight excluding hydrogens is 516 g/mol. The van der Waals surface area contributed by atoms with Gasteiger partial charge in [-0.3, -0.25) is 0 Å². The van der Waals surface area contributed by atoms with Gasteiger partial charge in [0.1, 0.15) is 23.4 Å². The van der Waals surface area contributed by atoms with Gasteiger partial charge in [-0.1, -0.05) is 12.1 Å². The van der Waals surface area contributed by atoms with Crippen LogP contribution in [0.1, 0.15) is 41.4 Å². The Morgan fingerprint density at radius 2 is 1.90 bits per heavy atom. The summed E-state index contributed by atoms with van der Waals surface area (Å²) in [5, 5.41) is 7.06. The molecule has 0 atom stereocenters. The van der Waals surface area contributed by atoms with E-state index in [1.165, 1.54) is 24.3 Å². The number of aromatic amines is 1. The minimum absolute atomic E-state index is 0.200. The standard InChI is InChI=1S/C26H22F4N8O/c1-13-9-18(26(28,29)30)37-38(13)16-7-3-14(4-8-16)10-31-22-19-17(27)11-32-23(19)36-24(35-22)20-21(15-5-6-15)33-12-34-25(20)39-2/h3-4,7-9,11-12,15H,5-6,10H2,1-2H3,(H2,31,32,35,36). The monoisotopic (exact) mass is 538 g/mol. The van der Waals surface area contributed by atoms with Crippen molar-refractivity contribution in [1.82, 2.24) is 34.7 Å². The molecule has 13 heteroatoms. The summed E-state index contributed by atoms with van der Waals surface area (Å²) in [5.74, 6) is 0.654. The van der Waals surface area contributed by atoms with E-state index in [2.05, 4.69) is 35.3 Å². The highest BCUT2D eigenvalue weighted by Crippen LogP contribution is 2.45. The maximum atomic E-state index is 14.7. The summed E-state index contributed by atoms with van der Waals surface area (Å²) in [6.45, 7) is 1.82. The Hall–Kier alpha value is -4.55. The first-order chi connectivity index (χ1) is 18.7. The molecule has 39 heavy (non-hydrogen) atoms. The number of benzene rings is 1. The summed E-state index contributed by atoms with van der Waals surface area (Å²) < 4.78 is 60.6. The number of rotatable bonds is 7. The molecular formula is C26H22F4N8O. The molecule has 0 saturated heterocycles. The molecule has 4 aromatic heterocycles. The van der Waals surface area contributed by atoms with E-state index < -0.39 is 17.7 Å². The first-order valence-electron chi connectivity index (χ1n) is 12.1. The summed E-state index contributed by atoms with van der Waals surface area (Å²) in [6.07, 6.45) is 0.114. The average molecular weight is 539 g/mol. The molecule has 5 aromatic rings. The maximum Gasteiger partial charge on any atom is 0.435 e. The Balaban J connectivity index is 1.31. The molecule has 200 valence electrons. The molecule has 1 fully saturated rings. The molecule has 1 aromatic carbocycles. The van der Waals surface area contributed by atoms with E-state index in [4.69, 9.17) is 4.74 Å². The number of H-pyrrole nitrogens is 1. The van der Waals surface area contributed by atoms with Crippen LogP contribution < -0.4 is 10.1 Å². The molecule has 0 aliphatic heterocycles. The summed E-state index contributed by atoms with van der Waals surface area (Å²) in [6, 6.07) is 7.85. The van der Waals surface area contributed by atoms with E-state index in [0.29, 0.717) is 34.3 Å². The number of hydrogen-bond donors (Lipinski definition) is 2. The van der Waals surface area contributed by atoms with Gasteiger partial charge in [-0.25, -0.2) is 29.0 Å². The Bertz CT molecular complexity index is 1670. The number of anilines is 1. The van der Waals surface area contributed by atoms with Crippen LogP contribution in [-0.2, 0) is 12.7 Å². The molecule has 2 N–H and O–H groups in total. The molecule has 0 amide bonds. The van der Waals surface area contributed by atoms with Gasteiger partial charge in [0.2, 0.25) is 5.88 Å². The highest BCUT2D eigenvalue weighted by Gasteiger charge is 2.35. The minimum atomic E-state index is -4.52. The first-order valence-corrected chi connectivity index (χ1v) is 12.1. The normalized spacial score (nSPS) is 13.7. The Morgan fingerprint density at radius 3 is 2.56 bits per heavy atom. The van der Waals surface area contributed by atoms with Crippen molar-refractivity contribution >= 4 is 16.9 Å². The van der Waals surface area contributed by atoms with Gasteiger partial charge in [-0.15, -0.1) is 0 Å². The van der Waals surface area contributed by atoms with Crippen LogP contribution in [0.5, 0.6) is 5.88 Å². The number of nitrogens with zero attached hydrogens (tertiary/aromatic N) is 6. The second-order valence-electron chi connectivity index (χ2n) is 9.27. The van der Waals surface area contributed by atoms with Crippen LogP contribution in [0.4, 0.5) is 23.4 Å². The van der Waals surface area contributed by atoms with E-state index in [-0.39, 0.29) is 23.7 Å². The SMILES string of the molecule is COc1ncnc(C2CC2)c1-c1nc(NCc2ccc(-n3nc(C(F)(F)F)cc3C)cc2)c2c(F)c[nH]c2n1. The van der Waals surface area contributed by atoms with E-state index in [1.54, 1.807) is 31.2 Å². The lowest BCUT2D eigenvalue weighted by Crippen LogP contribution is -2.08. The van der Waals surface area contributed by atoms with Gasteiger partial charge in [0.15, 0.2) is 17.3 Å². The summed E-state index contributed by atoms with van der Waals surface area (Å²) in [5.41, 5.74) is 2.35. The third-order valence-electron chi connectivity index (χ3n) is 6.53. The number of methoxy groups -OCH3 is 1. The predicted octanol–water partition coefficient (Wildman–Crippen LogP) is 5.57. The number of fused-ring (bicyclic) bond motifs is 1. The molecule has 6 rings (SSSR count). The zero-order valence-electron chi connectivity index (χ0n) is 20.8. The van der Waals surface area contributed by atoms with Crippen molar-refractivity contribution < 1.29 is 22.3 Å². The first kappa shape index (κ1) is 24.8. The molecule has 0 bridgehead atoms. The quantitative estimate of drug-likeness (QED) is 0.261. The molecule has 4 heterocycles. The third kappa shape index (κ3) is 4.64. The van der Waals surface area contributed by atoms with Crippen molar-refractivity contribution in [3.05, 3.63) is 71.3 Å². The van der Waals surface area contributed by atoms with Crippen LogP contribution in [0, 0.1) is 12.7 Å². The van der Waals surface area contributed by atoms with Gasteiger partial charge in [-0.2, -0.15) is 18.3 Å². The van der Waals surface area contributed by atoms with Gasteiger partial charge in [0, 0.05) is 24.4 Å². The van der Waals surface area contributed by atoms with Crippen LogP contribution >= 0.6 is 0 Å². The highest BCUT2D eigenvalue weighted by atomic mass is 19.4. The Labute approximate surface area is 219 Å². The topological polar surface area (TPSA) is 106 Å². The van der Waals surface area contributed by atoms with Crippen molar-refractivity contribution in [3.8, 4) is 23.0 Å². The minimum Gasteiger partial charge on any atom is -0.480 e. The van der Waals surface area contributed by atoms with Gasteiger partial charge in [0.05, 0.1) is 23.9 Å². The second-order valence-corrected chi connectivity index (χ2v) is 9.27. The summed E-state index contributed by atoms with van der Waals surface area (Å²) in [4.78, 5) is 20.7. The summed E-state index contributed by atoms with van der Waals surface area (Å²) >= 11 is 0. The lowest BCUT2D eigenvalue weighted by atomic mass is 10.1. The van der Waals surface area contributed by atoms with E-state index in [9.17, 15) is 17.6 Å². The van der Waals surface area contributed by atoms with Crippen LogP contribution in [0.3, 0.4) is 0 Å². The number of halogens is 4. The fourth-order valence-corrected chi connectivity index (χ4v) is 4.46. The molecule has 0 spiro atoms. The Morgan fingerprint density at radius 1 is 1.13 bits per heavy atom. The fourth-order valence-electron chi connectivity index (χ4n) is 4.46. The van der Waals surface area contributed by atoms with Crippen LogP contribution in [0.2, 0.25) is 0 Å². The molecule has 1 aliphatic carbocycles. The molecule has 9 nitrogen and oxygen atoms in total. The number of aryl methyl sites for hydroxylation is 1. The smallest absolute Gasteiger partial charge is 0.435 e. The van der Waals surface area contributed by atoms with Crippen molar-refractivity contribution in [2.75, 3.05) is 12.4 Å². The second kappa shape index (κ2) is 9.33. The number of alkyl halides is 3. The number of hydrogen-bond acceptors (Lipinski definition) is 7. The van der Waals surface area contributed by atoms with Gasteiger partial charge in [-0.05, 0) is 43.5 Å². The summed E-state index contributed by atoms with van der Waals surface area (Å²) in [7, 11) is 1.51. The largest absolute Gasteiger partial charge is 0.480 e. The predicted molar refractivity (Wildman–Crippen MR) is 134 cm³/mol. The van der Waals surface area contributed by atoms with Crippen molar-refractivity contribution in [2.24, 2.45) is 0 Å². The zero-order valence-corrected chi connectivity index (χ0v) is 20.8. The van der Waals surface area contributed by atoms with E-state index in [0.717, 1.165) is 30.2 Å². The van der Waals surface area contributed by atoms with E-state index in [1.807, 2.05) is 0 Å². The van der Waals surface area contributed by atoms with Crippen LogP contribution in [0.15, 0.2) is 42.9 Å². The lowest BCUT2D eigenvalue weighted by molar-refractivity contribution is -0.141. The number of aromatic nitrogens is 7. The molecule has 1 aliphatic rings. The molecule has 1 saturated carbocycles.